The molecule has 1 unspecified atom stereocenters. The highest BCUT2D eigenvalue weighted by Gasteiger charge is 2.38. The van der Waals surface area contributed by atoms with E-state index in [0.717, 1.165) is 19.4 Å². The Balaban J connectivity index is 2.00. The Bertz CT molecular complexity index is 140. The first-order chi connectivity index (χ1) is 5.31. The fourth-order valence-corrected chi connectivity index (χ4v) is 2.52. The Hall–Kier alpha value is -0.110. The lowest BCUT2D eigenvalue weighted by atomic mass is 9.86. The average Bonchev–Trinajstić information content (AvgIpc) is 2.37. The molecular formula is C9H16FN. The van der Waals surface area contributed by atoms with E-state index in [0.29, 0.717) is 0 Å². The Morgan fingerprint density at radius 1 is 1.27 bits per heavy atom. The number of piperidine rings is 1. The van der Waals surface area contributed by atoms with E-state index >= 15 is 0 Å². The zero-order chi connectivity index (χ0) is 7.73. The van der Waals surface area contributed by atoms with Gasteiger partial charge in [-0.2, -0.15) is 0 Å². The van der Waals surface area contributed by atoms with Gasteiger partial charge >= 0.3 is 0 Å². The first-order valence-corrected chi connectivity index (χ1v) is 4.70. The molecule has 2 fully saturated rings. The predicted molar refractivity (Wildman–Crippen MR) is 43.3 cm³/mol. The summed E-state index contributed by atoms with van der Waals surface area (Å²) in [6.07, 6.45) is 5.95. The first kappa shape index (κ1) is 7.53. The fourth-order valence-electron chi connectivity index (χ4n) is 2.52. The number of halogens is 1. The molecule has 1 nitrogen and oxygen atoms in total. The maximum absolute atomic E-state index is 13.0. The Labute approximate surface area is 67.4 Å². The van der Waals surface area contributed by atoms with E-state index in [4.69, 9.17) is 0 Å². The van der Waals surface area contributed by atoms with E-state index in [-0.39, 0.29) is 5.54 Å². The van der Waals surface area contributed by atoms with Crippen molar-refractivity contribution in [3.8, 4) is 0 Å². The van der Waals surface area contributed by atoms with Crippen molar-refractivity contribution in [1.82, 2.24) is 5.32 Å². The summed E-state index contributed by atoms with van der Waals surface area (Å²) in [6, 6.07) is 0. The minimum Gasteiger partial charge on any atom is -0.311 e. The van der Waals surface area contributed by atoms with Gasteiger partial charge in [0, 0.05) is 5.54 Å². The van der Waals surface area contributed by atoms with Crippen molar-refractivity contribution < 1.29 is 4.39 Å². The highest BCUT2D eigenvalue weighted by molar-refractivity contribution is 4.97. The van der Waals surface area contributed by atoms with Gasteiger partial charge in [-0.15, -0.1) is 0 Å². The van der Waals surface area contributed by atoms with E-state index in [1.54, 1.807) is 0 Å². The molecule has 1 saturated heterocycles. The molecule has 0 bridgehead atoms. The molecule has 2 rings (SSSR count). The van der Waals surface area contributed by atoms with Gasteiger partial charge in [0.25, 0.3) is 0 Å². The average molecular weight is 157 g/mol. The second kappa shape index (κ2) is 2.74. The molecule has 2 heteroatoms. The Morgan fingerprint density at radius 2 is 2.00 bits per heavy atom. The summed E-state index contributed by atoms with van der Waals surface area (Å²) in [7, 11) is 0. The second-order valence-electron chi connectivity index (χ2n) is 4.00. The molecule has 0 amide bonds. The molecule has 0 aromatic rings. The normalized spacial score (nSPS) is 36.3. The monoisotopic (exact) mass is 157 g/mol. The molecule has 1 heterocycles. The maximum Gasteiger partial charge on any atom is 0.103 e. The SMILES string of the molecule is FC1CCNC2(CCCC2)C1. The van der Waals surface area contributed by atoms with Crippen molar-refractivity contribution in [3.63, 3.8) is 0 Å². The van der Waals surface area contributed by atoms with Crippen LogP contribution < -0.4 is 5.32 Å². The number of hydrogen-bond donors (Lipinski definition) is 1. The smallest absolute Gasteiger partial charge is 0.103 e. The van der Waals surface area contributed by atoms with Crippen LogP contribution >= 0.6 is 0 Å². The van der Waals surface area contributed by atoms with E-state index in [1.165, 1.54) is 25.7 Å². The van der Waals surface area contributed by atoms with Crippen LogP contribution in [-0.2, 0) is 0 Å². The van der Waals surface area contributed by atoms with Gasteiger partial charge < -0.3 is 5.32 Å². The molecule has 11 heavy (non-hydrogen) atoms. The minimum absolute atomic E-state index is 0.220. The lowest BCUT2D eigenvalue weighted by molar-refractivity contribution is 0.156. The molecule has 64 valence electrons. The van der Waals surface area contributed by atoms with Gasteiger partial charge in [-0.05, 0) is 32.2 Å². The van der Waals surface area contributed by atoms with E-state index in [2.05, 4.69) is 5.32 Å². The van der Waals surface area contributed by atoms with Gasteiger partial charge in [-0.1, -0.05) is 12.8 Å². The van der Waals surface area contributed by atoms with Crippen LogP contribution in [0.1, 0.15) is 38.5 Å². The van der Waals surface area contributed by atoms with Gasteiger partial charge in [0.05, 0.1) is 0 Å². The summed E-state index contributed by atoms with van der Waals surface area (Å²) in [5.41, 5.74) is 0.220. The van der Waals surface area contributed by atoms with Crippen molar-refractivity contribution in [3.05, 3.63) is 0 Å². The van der Waals surface area contributed by atoms with Gasteiger partial charge in [-0.25, -0.2) is 4.39 Å². The third-order valence-corrected chi connectivity index (χ3v) is 3.13. The molecular weight excluding hydrogens is 141 g/mol. The van der Waals surface area contributed by atoms with Crippen molar-refractivity contribution in [1.29, 1.82) is 0 Å². The van der Waals surface area contributed by atoms with Crippen LogP contribution in [0.25, 0.3) is 0 Å². The van der Waals surface area contributed by atoms with E-state index < -0.39 is 6.17 Å². The van der Waals surface area contributed by atoms with Gasteiger partial charge in [0.1, 0.15) is 6.17 Å². The molecule has 0 aromatic carbocycles. The lowest BCUT2D eigenvalue weighted by Gasteiger charge is -2.36. The molecule has 1 atom stereocenters. The summed E-state index contributed by atoms with van der Waals surface area (Å²) in [5, 5.41) is 3.48. The number of hydrogen-bond acceptors (Lipinski definition) is 1. The van der Waals surface area contributed by atoms with E-state index in [1.807, 2.05) is 0 Å². The molecule has 1 saturated carbocycles. The predicted octanol–water partition coefficient (Wildman–Crippen LogP) is 2.02. The molecule has 1 aliphatic carbocycles. The van der Waals surface area contributed by atoms with Crippen molar-refractivity contribution in [2.75, 3.05) is 6.54 Å². The summed E-state index contributed by atoms with van der Waals surface area (Å²) in [6.45, 7) is 0.890. The van der Waals surface area contributed by atoms with Crippen LogP contribution in [0.3, 0.4) is 0 Å². The van der Waals surface area contributed by atoms with Gasteiger partial charge in [0.2, 0.25) is 0 Å². The molecule has 1 N–H and O–H groups in total. The third kappa shape index (κ3) is 1.41. The number of alkyl halides is 1. The highest BCUT2D eigenvalue weighted by atomic mass is 19.1. The fraction of sp³-hybridized carbons (Fsp3) is 1.00. The topological polar surface area (TPSA) is 12.0 Å². The molecule has 1 aliphatic heterocycles. The zero-order valence-corrected chi connectivity index (χ0v) is 6.91. The Kier molecular flexibility index (Phi) is 1.88. The van der Waals surface area contributed by atoms with Crippen LogP contribution in [0.5, 0.6) is 0 Å². The quantitative estimate of drug-likeness (QED) is 0.567. The standard InChI is InChI=1S/C9H16FN/c10-8-3-6-11-9(7-8)4-1-2-5-9/h8,11H,1-7H2. The van der Waals surface area contributed by atoms with Gasteiger partial charge in [-0.3, -0.25) is 0 Å². The van der Waals surface area contributed by atoms with Gasteiger partial charge in [0.15, 0.2) is 0 Å². The highest BCUT2D eigenvalue weighted by Crippen LogP contribution is 2.36. The summed E-state index contributed by atoms with van der Waals surface area (Å²) >= 11 is 0. The second-order valence-corrected chi connectivity index (χ2v) is 4.00. The first-order valence-electron chi connectivity index (χ1n) is 4.70. The zero-order valence-electron chi connectivity index (χ0n) is 6.91. The van der Waals surface area contributed by atoms with Crippen LogP contribution in [-0.4, -0.2) is 18.3 Å². The minimum atomic E-state index is -0.533. The van der Waals surface area contributed by atoms with Crippen LogP contribution in [0, 0.1) is 0 Å². The number of nitrogens with one attached hydrogen (secondary N) is 1. The molecule has 2 aliphatic rings. The number of rotatable bonds is 0. The summed E-state index contributed by atoms with van der Waals surface area (Å²) in [5.74, 6) is 0. The molecule has 1 spiro atoms. The van der Waals surface area contributed by atoms with Crippen LogP contribution in [0.4, 0.5) is 4.39 Å². The largest absolute Gasteiger partial charge is 0.311 e. The third-order valence-electron chi connectivity index (χ3n) is 3.13. The lowest BCUT2D eigenvalue weighted by Crippen LogP contribution is -2.49. The van der Waals surface area contributed by atoms with Crippen LogP contribution in [0.2, 0.25) is 0 Å². The van der Waals surface area contributed by atoms with E-state index in [9.17, 15) is 4.39 Å². The molecule has 0 radical (unpaired) electrons. The summed E-state index contributed by atoms with van der Waals surface area (Å²) in [4.78, 5) is 0. The van der Waals surface area contributed by atoms with Crippen molar-refractivity contribution >= 4 is 0 Å². The van der Waals surface area contributed by atoms with Crippen molar-refractivity contribution in [2.24, 2.45) is 0 Å². The summed E-state index contributed by atoms with van der Waals surface area (Å²) < 4.78 is 13.0. The Morgan fingerprint density at radius 3 is 2.64 bits per heavy atom. The molecule has 0 aromatic heterocycles. The van der Waals surface area contributed by atoms with Crippen LogP contribution in [0.15, 0.2) is 0 Å². The maximum atomic E-state index is 13.0. The van der Waals surface area contributed by atoms with Crippen molar-refractivity contribution in [2.45, 2.75) is 50.2 Å².